The number of hydrogen-bond donors (Lipinski definition) is 3. The number of carbonyl (C=O) groups is 2. The molecule has 7 heteroatoms. The van der Waals surface area contributed by atoms with Gasteiger partial charge in [0, 0.05) is 18.5 Å². The third kappa shape index (κ3) is 2.93. The molecule has 2 aromatic rings. The molecule has 0 unspecified atom stereocenters. The van der Waals surface area contributed by atoms with Gasteiger partial charge in [-0.05, 0) is 5.56 Å². The van der Waals surface area contributed by atoms with E-state index >= 15 is 0 Å². The van der Waals surface area contributed by atoms with Crippen LogP contribution in [0.5, 0.6) is 0 Å². The highest BCUT2D eigenvalue weighted by atomic mass is 16.2. The Hall–Kier alpha value is -2.83. The molecule has 2 heterocycles. The molecule has 0 fully saturated rings. The van der Waals surface area contributed by atoms with Gasteiger partial charge in [-0.15, -0.1) is 0 Å². The molecular formula is C15H17N5O2. The van der Waals surface area contributed by atoms with Gasteiger partial charge < -0.3 is 16.0 Å². The molecule has 1 aliphatic rings. The lowest BCUT2D eigenvalue weighted by Crippen LogP contribution is -2.39. The van der Waals surface area contributed by atoms with Gasteiger partial charge in [0.05, 0.1) is 18.7 Å². The van der Waals surface area contributed by atoms with Crippen molar-refractivity contribution in [2.45, 2.75) is 19.4 Å². The maximum atomic E-state index is 12.1. The summed E-state index contributed by atoms with van der Waals surface area (Å²) in [5, 5.41) is 9.85. The fourth-order valence-corrected chi connectivity index (χ4v) is 2.55. The summed E-state index contributed by atoms with van der Waals surface area (Å²) in [7, 11) is 0. The Morgan fingerprint density at radius 1 is 1.32 bits per heavy atom. The monoisotopic (exact) mass is 299 g/mol. The fraction of sp³-hybridized carbons (Fsp3) is 0.267. The molecule has 3 rings (SSSR count). The van der Waals surface area contributed by atoms with E-state index in [1.807, 2.05) is 30.3 Å². The number of benzene rings is 1. The lowest BCUT2D eigenvalue weighted by atomic mass is 10.1. The zero-order valence-corrected chi connectivity index (χ0v) is 12.0. The summed E-state index contributed by atoms with van der Waals surface area (Å²) in [6, 6.07) is 9.03. The minimum atomic E-state index is -0.464. The molecule has 0 radical (unpaired) electrons. The summed E-state index contributed by atoms with van der Waals surface area (Å²) in [6.45, 7) is 0.909. The van der Waals surface area contributed by atoms with Gasteiger partial charge in [-0.2, -0.15) is 5.10 Å². The Morgan fingerprint density at radius 3 is 2.82 bits per heavy atom. The van der Waals surface area contributed by atoms with Gasteiger partial charge in [0.1, 0.15) is 5.82 Å². The lowest BCUT2D eigenvalue weighted by Gasteiger charge is -2.24. The van der Waals surface area contributed by atoms with E-state index in [0.717, 1.165) is 16.8 Å². The van der Waals surface area contributed by atoms with E-state index < -0.39 is 6.03 Å². The first-order chi connectivity index (χ1) is 10.6. The van der Waals surface area contributed by atoms with Crippen LogP contribution in [0.4, 0.5) is 10.6 Å². The third-order valence-corrected chi connectivity index (χ3v) is 3.70. The molecule has 1 aromatic carbocycles. The molecule has 0 atom stereocenters. The maximum Gasteiger partial charge on any atom is 0.315 e. The van der Waals surface area contributed by atoms with Crippen LogP contribution in [0.1, 0.15) is 16.8 Å². The maximum absolute atomic E-state index is 12.1. The quantitative estimate of drug-likeness (QED) is 0.788. The molecule has 0 bridgehead atoms. The van der Waals surface area contributed by atoms with Gasteiger partial charge in [-0.1, -0.05) is 30.3 Å². The van der Waals surface area contributed by atoms with Gasteiger partial charge in [-0.3, -0.25) is 9.89 Å². The second kappa shape index (κ2) is 5.88. The van der Waals surface area contributed by atoms with E-state index in [-0.39, 0.29) is 12.3 Å². The summed E-state index contributed by atoms with van der Waals surface area (Å²) in [4.78, 5) is 24.9. The molecule has 7 nitrogen and oxygen atoms in total. The molecule has 4 N–H and O–H groups in total. The van der Waals surface area contributed by atoms with Crippen LogP contribution in [-0.4, -0.2) is 33.6 Å². The van der Waals surface area contributed by atoms with E-state index in [2.05, 4.69) is 15.5 Å². The number of H-pyrrole nitrogens is 1. The highest BCUT2D eigenvalue weighted by Gasteiger charge is 2.24. The normalized spacial score (nSPS) is 13.5. The molecule has 1 aliphatic heterocycles. The summed E-state index contributed by atoms with van der Waals surface area (Å²) in [5.74, 6) is 0.413. The van der Waals surface area contributed by atoms with Gasteiger partial charge >= 0.3 is 6.03 Å². The Labute approximate surface area is 127 Å². The average Bonchev–Trinajstić information content (AvgIpc) is 2.90. The summed E-state index contributed by atoms with van der Waals surface area (Å²) < 4.78 is 0. The first-order valence-corrected chi connectivity index (χ1v) is 7.08. The average molecular weight is 299 g/mol. The number of aromatic nitrogens is 2. The van der Waals surface area contributed by atoms with Crippen molar-refractivity contribution in [1.82, 2.24) is 15.1 Å². The van der Waals surface area contributed by atoms with Crippen LogP contribution in [0.25, 0.3) is 0 Å². The van der Waals surface area contributed by atoms with Crippen LogP contribution < -0.4 is 11.1 Å². The van der Waals surface area contributed by atoms with Crippen LogP contribution in [0, 0.1) is 0 Å². The second-order valence-corrected chi connectivity index (χ2v) is 5.24. The molecular weight excluding hydrogens is 282 g/mol. The number of nitrogens with two attached hydrogens (primary N) is 1. The van der Waals surface area contributed by atoms with Crippen molar-refractivity contribution >= 4 is 17.8 Å². The SMILES string of the molecule is NC(=O)N1CCc2n[nH]c(NC(=O)Cc3ccccc3)c2C1. The fourth-order valence-electron chi connectivity index (χ4n) is 2.55. The number of hydrogen-bond acceptors (Lipinski definition) is 3. The van der Waals surface area contributed by atoms with Crippen molar-refractivity contribution < 1.29 is 9.59 Å². The van der Waals surface area contributed by atoms with Crippen LogP contribution in [0.15, 0.2) is 30.3 Å². The molecule has 0 saturated carbocycles. The number of aromatic amines is 1. The Balaban J connectivity index is 1.70. The smallest absolute Gasteiger partial charge is 0.315 e. The van der Waals surface area contributed by atoms with Crippen LogP contribution in [0.3, 0.4) is 0 Å². The molecule has 0 saturated heterocycles. The largest absolute Gasteiger partial charge is 0.351 e. The number of primary amides is 1. The summed E-state index contributed by atoms with van der Waals surface area (Å²) >= 11 is 0. The van der Waals surface area contributed by atoms with Crippen LogP contribution >= 0.6 is 0 Å². The molecule has 3 amide bonds. The van der Waals surface area contributed by atoms with E-state index in [4.69, 9.17) is 5.73 Å². The number of nitrogens with one attached hydrogen (secondary N) is 2. The highest BCUT2D eigenvalue weighted by molar-refractivity contribution is 5.92. The van der Waals surface area contributed by atoms with Crippen molar-refractivity contribution in [3.63, 3.8) is 0 Å². The molecule has 22 heavy (non-hydrogen) atoms. The first kappa shape index (κ1) is 14.1. The number of rotatable bonds is 3. The van der Waals surface area contributed by atoms with E-state index in [1.165, 1.54) is 4.90 Å². The Bertz CT molecular complexity index is 695. The zero-order valence-electron chi connectivity index (χ0n) is 12.0. The number of carbonyl (C=O) groups excluding carboxylic acids is 2. The Morgan fingerprint density at radius 2 is 2.09 bits per heavy atom. The second-order valence-electron chi connectivity index (χ2n) is 5.24. The highest BCUT2D eigenvalue weighted by Crippen LogP contribution is 2.23. The van der Waals surface area contributed by atoms with E-state index in [1.54, 1.807) is 0 Å². The lowest BCUT2D eigenvalue weighted by molar-refractivity contribution is -0.115. The van der Waals surface area contributed by atoms with Gasteiger partial charge in [0.25, 0.3) is 0 Å². The topological polar surface area (TPSA) is 104 Å². The minimum Gasteiger partial charge on any atom is -0.351 e. The van der Waals surface area contributed by atoms with Crippen molar-refractivity contribution in [1.29, 1.82) is 0 Å². The number of nitrogens with zero attached hydrogens (tertiary/aromatic N) is 2. The van der Waals surface area contributed by atoms with Crippen molar-refractivity contribution in [2.75, 3.05) is 11.9 Å². The zero-order chi connectivity index (χ0) is 15.5. The predicted octanol–water partition coefficient (Wildman–Crippen LogP) is 1.03. The predicted molar refractivity (Wildman–Crippen MR) is 81.1 cm³/mol. The van der Waals surface area contributed by atoms with E-state index in [9.17, 15) is 9.59 Å². The molecule has 1 aromatic heterocycles. The van der Waals surface area contributed by atoms with Gasteiger partial charge in [0.15, 0.2) is 0 Å². The molecule has 114 valence electrons. The van der Waals surface area contributed by atoms with Gasteiger partial charge in [0.2, 0.25) is 5.91 Å². The summed E-state index contributed by atoms with van der Waals surface area (Å²) in [5.41, 5.74) is 7.95. The number of fused-ring (bicyclic) bond motifs is 1. The number of anilines is 1. The standard InChI is InChI=1S/C15H17N5O2/c16-15(22)20-7-6-12-11(9-20)14(19-18-12)17-13(21)8-10-4-2-1-3-5-10/h1-5H,6-9H2,(H2,16,22)(H2,17,18,19,21). The van der Waals surface area contributed by atoms with Crippen molar-refractivity contribution in [2.24, 2.45) is 5.73 Å². The molecule has 0 spiro atoms. The van der Waals surface area contributed by atoms with Gasteiger partial charge in [-0.25, -0.2) is 4.79 Å². The van der Waals surface area contributed by atoms with Crippen LogP contribution in [0.2, 0.25) is 0 Å². The first-order valence-electron chi connectivity index (χ1n) is 7.08. The number of amides is 3. The minimum absolute atomic E-state index is 0.131. The van der Waals surface area contributed by atoms with Crippen LogP contribution in [-0.2, 0) is 24.2 Å². The van der Waals surface area contributed by atoms with Crippen molar-refractivity contribution in [3.05, 3.63) is 47.2 Å². The van der Waals surface area contributed by atoms with E-state index in [0.29, 0.717) is 25.3 Å². The molecule has 0 aliphatic carbocycles. The summed E-state index contributed by atoms with van der Waals surface area (Å²) in [6.07, 6.45) is 0.914. The van der Waals surface area contributed by atoms with Crippen molar-refractivity contribution in [3.8, 4) is 0 Å². The Kier molecular flexibility index (Phi) is 3.78. The number of urea groups is 1. The third-order valence-electron chi connectivity index (χ3n) is 3.70.